The summed E-state index contributed by atoms with van der Waals surface area (Å²) in [6.07, 6.45) is 3.66. The van der Waals surface area contributed by atoms with E-state index in [1.54, 1.807) is 14.2 Å². The first-order chi connectivity index (χ1) is 11.8. The van der Waals surface area contributed by atoms with E-state index in [2.05, 4.69) is 25.8 Å². The fraction of sp³-hybridized carbons (Fsp3) is 0.562. The third-order valence-electron chi connectivity index (χ3n) is 3.44. The Balaban J connectivity index is 1.63. The summed E-state index contributed by atoms with van der Waals surface area (Å²) in [5.41, 5.74) is 0.864. The smallest absolute Gasteiger partial charge is 0.190 e. The fourth-order valence-corrected chi connectivity index (χ4v) is 2.20. The Kier molecular flexibility index (Phi) is 7.99. The molecule has 0 aliphatic rings. The molecule has 0 amide bonds. The second kappa shape index (κ2) is 10.6. The molecule has 0 saturated carbocycles. The molecule has 8 heteroatoms. The molecular weight excluding hydrogens is 308 g/mol. The first kappa shape index (κ1) is 18.2. The Morgan fingerprint density at radius 2 is 2.04 bits per heavy atom. The summed E-state index contributed by atoms with van der Waals surface area (Å²) in [6, 6.07) is 5.87. The number of hydrogen-bond donors (Lipinski definition) is 2. The van der Waals surface area contributed by atoms with Gasteiger partial charge >= 0.3 is 0 Å². The molecule has 2 aromatic heterocycles. The summed E-state index contributed by atoms with van der Waals surface area (Å²) in [6.45, 7) is 3.52. The van der Waals surface area contributed by atoms with Gasteiger partial charge in [-0.3, -0.25) is 9.39 Å². The predicted octanol–water partition coefficient (Wildman–Crippen LogP) is 0.490. The van der Waals surface area contributed by atoms with Crippen LogP contribution in [0, 0.1) is 0 Å². The molecule has 0 saturated heterocycles. The Morgan fingerprint density at radius 1 is 1.17 bits per heavy atom. The topological polar surface area (TPSA) is 85.1 Å². The van der Waals surface area contributed by atoms with Crippen molar-refractivity contribution in [2.75, 3.05) is 47.1 Å². The number of methoxy groups -OCH3 is 1. The van der Waals surface area contributed by atoms with Gasteiger partial charge in [-0.2, -0.15) is 0 Å². The fourth-order valence-electron chi connectivity index (χ4n) is 2.20. The maximum atomic E-state index is 5.42. The van der Waals surface area contributed by atoms with Crippen molar-refractivity contribution in [2.24, 2.45) is 4.99 Å². The van der Waals surface area contributed by atoms with Gasteiger partial charge in [0, 0.05) is 46.5 Å². The lowest BCUT2D eigenvalue weighted by Gasteiger charge is -2.11. The molecule has 0 bridgehead atoms. The highest BCUT2D eigenvalue weighted by molar-refractivity contribution is 5.79. The van der Waals surface area contributed by atoms with E-state index >= 15 is 0 Å². The maximum Gasteiger partial charge on any atom is 0.190 e. The molecule has 2 heterocycles. The molecule has 0 fully saturated rings. The lowest BCUT2D eigenvalue weighted by Crippen LogP contribution is -2.39. The minimum Gasteiger partial charge on any atom is -0.382 e. The van der Waals surface area contributed by atoms with Gasteiger partial charge in [-0.05, 0) is 18.6 Å². The van der Waals surface area contributed by atoms with Crippen LogP contribution in [0.1, 0.15) is 12.2 Å². The summed E-state index contributed by atoms with van der Waals surface area (Å²) in [5.74, 6) is 1.71. The van der Waals surface area contributed by atoms with Crippen molar-refractivity contribution in [1.82, 2.24) is 25.2 Å². The monoisotopic (exact) mass is 334 g/mol. The van der Waals surface area contributed by atoms with Crippen LogP contribution < -0.4 is 10.6 Å². The van der Waals surface area contributed by atoms with E-state index < -0.39 is 0 Å². The average Bonchev–Trinajstić information content (AvgIpc) is 3.02. The summed E-state index contributed by atoms with van der Waals surface area (Å²) < 4.78 is 12.3. The first-order valence-electron chi connectivity index (χ1n) is 8.15. The molecule has 2 aromatic rings. The van der Waals surface area contributed by atoms with Crippen molar-refractivity contribution < 1.29 is 9.47 Å². The van der Waals surface area contributed by atoms with Gasteiger partial charge < -0.3 is 20.1 Å². The van der Waals surface area contributed by atoms with Gasteiger partial charge in [-0.25, -0.2) is 0 Å². The number of hydrogen-bond acceptors (Lipinski definition) is 5. The molecule has 132 valence electrons. The standard InChI is InChI=1S/C16H26N6O2/c1-17-16(18-8-5-11-24-13-12-23-2)19-9-7-15-21-20-14-6-3-4-10-22(14)15/h3-4,6,10H,5,7-9,11-13H2,1-2H3,(H2,17,18,19). The van der Waals surface area contributed by atoms with Crippen LogP contribution in [-0.4, -0.2) is 67.6 Å². The third kappa shape index (κ3) is 5.78. The Hall–Kier alpha value is -2.19. The Bertz CT molecular complexity index is 628. The van der Waals surface area contributed by atoms with Crippen molar-refractivity contribution in [2.45, 2.75) is 12.8 Å². The third-order valence-corrected chi connectivity index (χ3v) is 3.44. The zero-order valence-electron chi connectivity index (χ0n) is 14.4. The number of guanidine groups is 1. The minimum absolute atomic E-state index is 0.633. The molecule has 0 unspecified atom stereocenters. The highest BCUT2D eigenvalue weighted by Gasteiger charge is 2.04. The second-order valence-electron chi connectivity index (χ2n) is 5.18. The number of aliphatic imine (C=N–C) groups is 1. The van der Waals surface area contributed by atoms with Crippen LogP contribution in [0.5, 0.6) is 0 Å². The lowest BCUT2D eigenvalue weighted by molar-refractivity contribution is 0.0698. The molecule has 0 aromatic carbocycles. The molecule has 2 rings (SSSR count). The van der Waals surface area contributed by atoms with Crippen molar-refractivity contribution in [3.05, 3.63) is 30.2 Å². The number of pyridine rings is 1. The van der Waals surface area contributed by atoms with Crippen molar-refractivity contribution in [3.63, 3.8) is 0 Å². The van der Waals surface area contributed by atoms with E-state index in [0.29, 0.717) is 19.8 Å². The number of ether oxygens (including phenoxy) is 2. The number of rotatable bonds is 10. The van der Waals surface area contributed by atoms with E-state index in [-0.39, 0.29) is 0 Å². The predicted molar refractivity (Wildman–Crippen MR) is 93.4 cm³/mol. The van der Waals surface area contributed by atoms with Gasteiger partial charge in [-0.15, -0.1) is 10.2 Å². The van der Waals surface area contributed by atoms with Gasteiger partial charge in [0.2, 0.25) is 0 Å². The molecule has 0 aliphatic heterocycles. The van der Waals surface area contributed by atoms with Gasteiger partial charge in [0.05, 0.1) is 13.2 Å². The zero-order valence-corrected chi connectivity index (χ0v) is 14.4. The van der Waals surface area contributed by atoms with Gasteiger partial charge in [0.25, 0.3) is 0 Å². The summed E-state index contributed by atoms with van der Waals surface area (Å²) in [7, 11) is 3.43. The van der Waals surface area contributed by atoms with Gasteiger partial charge in [0.1, 0.15) is 5.82 Å². The van der Waals surface area contributed by atoms with E-state index in [1.807, 2.05) is 28.8 Å². The summed E-state index contributed by atoms with van der Waals surface area (Å²) >= 11 is 0. The van der Waals surface area contributed by atoms with Gasteiger partial charge in [-0.1, -0.05) is 6.07 Å². The number of fused-ring (bicyclic) bond motifs is 1. The average molecular weight is 334 g/mol. The van der Waals surface area contributed by atoms with E-state index in [0.717, 1.165) is 43.4 Å². The molecule has 8 nitrogen and oxygen atoms in total. The van der Waals surface area contributed by atoms with Crippen LogP contribution in [-0.2, 0) is 15.9 Å². The van der Waals surface area contributed by atoms with Crippen molar-refractivity contribution in [3.8, 4) is 0 Å². The summed E-state index contributed by atoms with van der Waals surface area (Å²) in [5, 5.41) is 14.9. The highest BCUT2D eigenvalue weighted by Crippen LogP contribution is 2.02. The normalized spacial score (nSPS) is 11.8. The highest BCUT2D eigenvalue weighted by atomic mass is 16.5. The second-order valence-corrected chi connectivity index (χ2v) is 5.18. The van der Waals surface area contributed by atoms with E-state index in [9.17, 15) is 0 Å². The number of aromatic nitrogens is 3. The quantitative estimate of drug-likeness (QED) is 0.374. The Morgan fingerprint density at radius 3 is 2.88 bits per heavy atom. The number of nitrogens with one attached hydrogen (secondary N) is 2. The van der Waals surface area contributed by atoms with Crippen LogP contribution in [0.3, 0.4) is 0 Å². The Labute approximate surface area is 142 Å². The molecule has 24 heavy (non-hydrogen) atoms. The minimum atomic E-state index is 0.633. The summed E-state index contributed by atoms with van der Waals surface area (Å²) in [4.78, 5) is 4.21. The molecule has 2 N–H and O–H groups in total. The van der Waals surface area contributed by atoms with Crippen molar-refractivity contribution in [1.29, 1.82) is 0 Å². The largest absolute Gasteiger partial charge is 0.382 e. The van der Waals surface area contributed by atoms with Gasteiger partial charge in [0.15, 0.2) is 11.6 Å². The molecule has 0 spiro atoms. The van der Waals surface area contributed by atoms with Crippen LogP contribution in [0.4, 0.5) is 0 Å². The van der Waals surface area contributed by atoms with E-state index in [1.165, 1.54) is 0 Å². The van der Waals surface area contributed by atoms with Crippen LogP contribution in [0.15, 0.2) is 29.4 Å². The number of nitrogens with zero attached hydrogens (tertiary/aromatic N) is 4. The van der Waals surface area contributed by atoms with E-state index in [4.69, 9.17) is 9.47 Å². The van der Waals surface area contributed by atoms with Crippen LogP contribution in [0.2, 0.25) is 0 Å². The first-order valence-corrected chi connectivity index (χ1v) is 8.15. The van der Waals surface area contributed by atoms with Crippen LogP contribution >= 0.6 is 0 Å². The van der Waals surface area contributed by atoms with Crippen molar-refractivity contribution >= 4 is 11.6 Å². The molecule has 0 aliphatic carbocycles. The van der Waals surface area contributed by atoms with Crippen LogP contribution in [0.25, 0.3) is 5.65 Å². The zero-order chi connectivity index (χ0) is 17.0. The SMILES string of the molecule is CN=C(NCCCOCCOC)NCCc1nnc2ccccn12. The molecule has 0 atom stereocenters. The molecular formula is C16H26N6O2. The lowest BCUT2D eigenvalue weighted by atomic mass is 10.4. The molecule has 0 radical (unpaired) electrons. The maximum absolute atomic E-state index is 5.42.